The SMILES string of the molecule is O=c1c2c(-c3ccc(Cl)cc3)csc2nc(SCc2ccccc2)n1C/C=C/c1ccccc1. The largest absolute Gasteiger partial charge is 0.283 e. The van der Waals surface area contributed by atoms with E-state index in [1.54, 1.807) is 16.3 Å². The van der Waals surface area contributed by atoms with Gasteiger partial charge in [0.05, 0.1) is 5.39 Å². The zero-order valence-corrected chi connectivity index (χ0v) is 20.6. The van der Waals surface area contributed by atoms with Crippen molar-refractivity contribution < 1.29 is 0 Å². The summed E-state index contributed by atoms with van der Waals surface area (Å²) in [7, 11) is 0. The monoisotopic (exact) mass is 500 g/mol. The van der Waals surface area contributed by atoms with Crippen molar-refractivity contribution in [3.8, 4) is 11.1 Å². The Balaban J connectivity index is 1.56. The minimum absolute atomic E-state index is 0.0236. The van der Waals surface area contributed by atoms with Crippen molar-refractivity contribution in [1.29, 1.82) is 0 Å². The molecule has 5 rings (SSSR count). The van der Waals surface area contributed by atoms with E-state index in [2.05, 4.69) is 12.1 Å². The number of nitrogens with zero attached hydrogens (tertiary/aromatic N) is 2. The number of allylic oxidation sites excluding steroid dienone is 1. The minimum Gasteiger partial charge on any atom is -0.283 e. The van der Waals surface area contributed by atoms with Crippen LogP contribution in [0.2, 0.25) is 5.02 Å². The maximum absolute atomic E-state index is 13.8. The molecule has 0 saturated heterocycles. The number of thioether (sulfide) groups is 1. The zero-order chi connectivity index (χ0) is 23.3. The quantitative estimate of drug-likeness (QED) is 0.169. The standard InChI is InChI=1S/C28H21ClN2OS2/c29-23-15-13-22(14-16-23)24-19-33-26-25(24)27(32)31(17-7-12-20-8-3-1-4-9-20)28(30-26)34-18-21-10-5-2-6-11-21/h1-16,19H,17-18H2/b12-7+. The number of hydrogen-bond donors (Lipinski definition) is 0. The predicted molar refractivity (Wildman–Crippen MR) is 146 cm³/mol. The number of aromatic nitrogens is 2. The normalized spacial score (nSPS) is 11.4. The highest BCUT2D eigenvalue weighted by molar-refractivity contribution is 7.98. The van der Waals surface area contributed by atoms with E-state index in [1.807, 2.05) is 90.3 Å². The van der Waals surface area contributed by atoms with Crippen molar-refractivity contribution in [3.05, 3.63) is 123 Å². The third-order valence-corrected chi connectivity index (χ3v) is 7.59. The molecule has 168 valence electrons. The van der Waals surface area contributed by atoms with E-state index >= 15 is 0 Å². The molecule has 5 aromatic rings. The van der Waals surface area contributed by atoms with Crippen LogP contribution >= 0.6 is 34.7 Å². The van der Waals surface area contributed by atoms with E-state index in [9.17, 15) is 4.79 Å². The highest BCUT2D eigenvalue weighted by atomic mass is 35.5. The number of benzene rings is 3. The fourth-order valence-electron chi connectivity index (χ4n) is 3.70. The fourth-order valence-corrected chi connectivity index (χ4v) is 5.78. The Kier molecular flexibility index (Phi) is 6.95. The Labute approximate surface area is 211 Å². The Morgan fingerprint density at radius 1 is 0.941 bits per heavy atom. The van der Waals surface area contributed by atoms with Gasteiger partial charge < -0.3 is 0 Å². The molecule has 0 radical (unpaired) electrons. The Morgan fingerprint density at radius 3 is 2.38 bits per heavy atom. The van der Waals surface area contributed by atoms with Gasteiger partial charge in [-0.3, -0.25) is 9.36 Å². The second-order valence-electron chi connectivity index (χ2n) is 7.73. The van der Waals surface area contributed by atoms with Gasteiger partial charge in [0, 0.05) is 28.3 Å². The highest BCUT2D eigenvalue weighted by Gasteiger charge is 2.17. The third-order valence-electron chi connectivity index (χ3n) is 5.42. The van der Waals surface area contributed by atoms with Gasteiger partial charge in [-0.2, -0.15) is 0 Å². The lowest BCUT2D eigenvalue weighted by molar-refractivity contribution is 0.673. The average Bonchev–Trinajstić information content (AvgIpc) is 3.30. The number of thiophene rings is 1. The molecule has 2 aromatic heterocycles. The van der Waals surface area contributed by atoms with Crippen molar-refractivity contribution in [1.82, 2.24) is 9.55 Å². The number of hydrogen-bond acceptors (Lipinski definition) is 4. The number of rotatable bonds is 7. The van der Waals surface area contributed by atoms with E-state index in [-0.39, 0.29) is 5.56 Å². The second kappa shape index (κ2) is 10.4. The first-order valence-electron chi connectivity index (χ1n) is 10.9. The van der Waals surface area contributed by atoms with Gasteiger partial charge in [0.1, 0.15) is 4.83 Å². The highest BCUT2D eigenvalue weighted by Crippen LogP contribution is 2.33. The van der Waals surface area contributed by atoms with Crippen LogP contribution in [0.25, 0.3) is 27.4 Å². The van der Waals surface area contributed by atoms with Crippen LogP contribution in [0.15, 0.2) is 106 Å². The maximum Gasteiger partial charge on any atom is 0.263 e. The lowest BCUT2D eigenvalue weighted by Crippen LogP contribution is -2.22. The average molecular weight is 501 g/mol. The summed E-state index contributed by atoms with van der Waals surface area (Å²) in [5.74, 6) is 0.747. The van der Waals surface area contributed by atoms with Crippen LogP contribution in [0.3, 0.4) is 0 Å². The summed E-state index contributed by atoms with van der Waals surface area (Å²) in [5, 5.41) is 4.07. The molecule has 6 heteroatoms. The zero-order valence-electron chi connectivity index (χ0n) is 18.2. The van der Waals surface area contributed by atoms with Gasteiger partial charge in [-0.1, -0.05) is 108 Å². The Hall–Kier alpha value is -3.12. The molecule has 0 amide bonds. The molecule has 0 bridgehead atoms. The minimum atomic E-state index is -0.0236. The van der Waals surface area contributed by atoms with E-state index in [1.165, 1.54) is 16.9 Å². The summed E-state index contributed by atoms with van der Waals surface area (Å²) in [4.78, 5) is 19.5. The van der Waals surface area contributed by atoms with Gasteiger partial charge in [0.25, 0.3) is 5.56 Å². The van der Waals surface area contributed by atoms with Crippen molar-refractivity contribution in [3.63, 3.8) is 0 Å². The summed E-state index contributed by atoms with van der Waals surface area (Å²) >= 11 is 9.17. The summed E-state index contributed by atoms with van der Waals surface area (Å²) in [6.45, 7) is 0.448. The lowest BCUT2D eigenvalue weighted by atomic mass is 10.1. The van der Waals surface area contributed by atoms with E-state index in [4.69, 9.17) is 16.6 Å². The second-order valence-corrected chi connectivity index (χ2v) is 9.97. The summed E-state index contributed by atoms with van der Waals surface area (Å²) in [6.07, 6.45) is 4.06. The topological polar surface area (TPSA) is 34.9 Å². The number of halogens is 1. The molecule has 0 fully saturated rings. The molecule has 0 aliphatic heterocycles. The Morgan fingerprint density at radius 2 is 1.65 bits per heavy atom. The molecule has 0 atom stereocenters. The molecule has 0 saturated carbocycles. The molecule has 3 aromatic carbocycles. The van der Waals surface area contributed by atoms with Crippen LogP contribution in [-0.2, 0) is 12.3 Å². The molecule has 0 unspecified atom stereocenters. The first-order chi connectivity index (χ1) is 16.7. The van der Waals surface area contributed by atoms with Crippen LogP contribution in [-0.4, -0.2) is 9.55 Å². The van der Waals surface area contributed by atoms with Gasteiger partial charge in [-0.25, -0.2) is 4.98 Å². The molecular formula is C28H21ClN2OS2. The summed E-state index contributed by atoms with van der Waals surface area (Å²) in [5.41, 5.74) is 4.13. The number of fused-ring (bicyclic) bond motifs is 1. The molecule has 0 aliphatic rings. The van der Waals surface area contributed by atoms with Crippen molar-refractivity contribution in [2.75, 3.05) is 0 Å². The van der Waals surface area contributed by atoms with Crippen LogP contribution in [0.5, 0.6) is 0 Å². The van der Waals surface area contributed by atoms with Crippen LogP contribution in [0.4, 0.5) is 0 Å². The molecule has 3 nitrogen and oxygen atoms in total. The first kappa shape index (κ1) is 22.7. The van der Waals surface area contributed by atoms with Gasteiger partial charge >= 0.3 is 0 Å². The third kappa shape index (κ3) is 5.02. The smallest absolute Gasteiger partial charge is 0.263 e. The van der Waals surface area contributed by atoms with Crippen LogP contribution in [0, 0.1) is 0 Å². The Bertz CT molecular complexity index is 1490. The summed E-state index contributed by atoms with van der Waals surface area (Å²) < 4.78 is 1.78. The fraction of sp³-hybridized carbons (Fsp3) is 0.0714. The molecule has 0 N–H and O–H groups in total. The molecule has 0 aliphatic carbocycles. The molecule has 34 heavy (non-hydrogen) atoms. The maximum atomic E-state index is 13.8. The first-order valence-corrected chi connectivity index (χ1v) is 13.1. The van der Waals surface area contributed by atoms with Crippen LogP contribution in [0.1, 0.15) is 11.1 Å². The van der Waals surface area contributed by atoms with Crippen molar-refractivity contribution >= 4 is 51.0 Å². The lowest BCUT2D eigenvalue weighted by Gasteiger charge is -2.11. The molecule has 2 heterocycles. The van der Waals surface area contributed by atoms with Gasteiger partial charge in [-0.15, -0.1) is 11.3 Å². The van der Waals surface area contributed by atoms with E-state index < -0.39 is 0 Å². The molecule has 0 spiro atoms. The van der Waals surface area contributed by atoms with Gasteiger partial charge in [0.15, 0.2) is 5.16 Å². The van der Waals surface area contributed by atoms with Gasteiger partial charge in [0.2, 0.25) is 0 Å². The molecular weight excluding hydrogens is 480 g/mol. The van der Waals surface area contributed by atoms with Crippen molar-refractivity contribution in [2.24, 2.45) is 0 Å². The summed E-state index contributed by atoms with van der Waals surface area (Å²) in [6, 6.07) is 27.9. The van der Waals surface area contributed by atoms with Gasteiger partial charge in [-0.05, 0) is 28.8 Å². The predicted octanol–water partition coefficient (Wildman–Crippen LogP) is 7.78. The van der Waals surface area contributed by atoms with Crippen LogP contribution < -0.4 is 5.56 Å². The van der Waals surface area contributed by atoms with E-state index in [0.29, 0.717) is 17.0 Å². The van der Waals surface area contributed by atoms with E-state index in [0.717, 1.165) is 32.4 Å². The van der Waals surface area contributed by atoms with Crippen molar-refractivity contribution in [2.45, 2.75) is 17.5 Å².